The molecule has 16 rings (SSSR count). The Morgan fingerprint density at radius 3 is 1.19 bits per heavy atom. The number of methoxy groups -OCH3 is 2. The van der Waals surface area contributed by atoms with Crippen molar-refractivity contribution in [1.82, 2.24) is 0 Å². The second-order valence-electron chi connectivity index (χ2n) is 30.0. The van der Waals surface area contributed by atoms with Crippen LogP contribution >= 0.6 is 263 Å². The molecule has 3 N–H and O–H groups in total. The van der Waals surface area contributed by atoms with Crippen molar-refractivity contribution in [2.45, 2.75) is 116 Å². The van der Waals surface area contributed by atoms with Crippen LogP contribution in [0.15, 0.2) is 251 Å². The van der Waals surface area contributed by atoms with Crippen LogP contribution in [0.25, 0.3) is 6.08 Å². The van der Waals surface area contributed by atoms with E-state index in [2.05, 4.69) is 351 Å². The summed E-state index contributed by atoms with van der Waals surface area (Å²) < 4.78 is 47.1. The third-order valence-corrected chi connectivity index (χ3v) is 39.6. The summed E-state index contributed by atoms with van der Waals surface area (Å²) in [7, 11) is 3.35. The van der Waals surface area contributed by atoms with Crippen LogP contribution in [0.1, 0.15) is 114 Å². The predicted molar refractivity (Wildman–Crippen MR) is 614 cm³/mol. The molecule has 12 aromatic rings. The maximum atomic E-state index is 10.8. The summed E-state index contributed by atoms with van der Waals surface area (Å²) >= 11 is 57.8. The van der Waals surface area contributed by atoms with E-state index < -0.39 is 5.96 Å². The molecule has 0 saturated heterocycles. The molecule has 0 amide bonds. The van der Waals surface area contributed by atoms with Gasteiger partial charge < -0.3 is 39.3 Å². The van der Waals surface area contributed by atoms with Crippen LogP contribution in [0.2, 0.25) is 0 Å². The van der Waals surface area contributed by atoms with Gasteiger partial charge in [-0.1, -0.05) is 174 Å². The Labute approximate surface area is 923 Å². The number of aldehydes is 2. The Kier molecular flexibility index (Phi) is 52.0. The molecule has 16 nitrogen and oxygen atoms in total. The van der Waals surface area contributed by atoms with Crippen LogP contribution in [-0.4, -0.2) is 81.1 Å². The quantitative estimate of drug-likeness (QED) is 0.0151. The molecule has 0 radical (unpaired) electrons. The molecule has 0 atom stereocenters. The molecular weight excluding hydrogens is 2780 g/mol. The standard InChI is InChI=1S/C20H20ClOP.C10H10Br2O.C9H10Br2O.C9H8Br2O.2C9H8BrNO3.C9H10BrNO.C9H9BrO.C8H6Br2O.C7H5Br2I.2CH4/c1-22-17-23(21,18-11-5-2-6-12-18,19-13-7-3-8-14-19)20-15-9-4-10-16-20;1-7-5-9(11)8(3-4-13-2)10(12)6-7;2*1-6-4-8(10)7(2-3-12)9(11)5-6;1-5-4-7-6(2-3-14-7)8(10)9(5)11(12)13;1-5-4-7(10)6-2-3-14-9(6)8(5)11(12)13;1-5-4-7-6(2-3-12-7)8(10)9(5)11;1-6-4-8(10)7-2-3-11-9(7)5-6;1-5-2-7(9)6(4-11)8(10)3-5;1-4-2-5(8)7(10)6(9)3-4;;/h2-16H,17H2,1H3;3-6H,1-2H3;4-5,12H,2-3H2,1H3;3-5H,2H2,1H3;2*4H,2-3H2,1H3;4H,2-3,11H2,1H3;4-5H,2-3H2,1H3;2-4H,1H3;2-3H,1H3;2*1H4/b;4-3+;;;;;;;;;;. The van der Waals surface area contributed by atoms with Crippen molar-refractivity contribution in [1.29, 1.82) is 0 Å². The molecule has 0 fully saturated rings. The minimum atomic E-state index is -3.18. The zero-order valence-corrected chi connectivity index (χ0v) is 99.4. The van der Waals surface area contributed by atoms with Crippen LogP contribution < -0.4 is 40.6 Å². The Morgan fingerprint density at radius 1 is 0.440 bits per heavy atom. The zero-order chi connectivity index (χ0) is 97.6. The second kappa shape index (κ2) is 58.1. The van der Waals surface area contributed by atoms with E-state index in [0.717, 1.165) is 183 Å². The van der Waals surface area contributed by atoms with E-state index >= 15 is 0 Å². The fraction of sp³-hybridized carbons (Fsp3) is 0.248. The molecule has 0 unspecified atom stereocenters. The molecule has 4 aliphatic heterocycles. The number of fused-ring (bicyclic) bond motifs is 4. The fourth-order valence-electron chi connectivity index (χ4n) is 13.8. The first-order chi connectivity index (χ1) is 62.6. The van der Waals surface area contributed by atoms with Gasteiger partial charge in [-0.25, -0.2) is 0 Å². The number of hydrogen-bond donors (Lipinski definition) is 2. The SMILES string of the molecule is C.C.CO/C=C/c1c(Br)cc(C)cc1Br.COCP(Cl)(c1ccccc1)(c1ccccc1)c1ccccc1.Cc1cc(Br)c(C=O)c(Br)c1.Cc1cc(Br)c(CC=O)c(Br)c1.Cc1cc(Br)c(CCO)c(Br)c1.Cc1cc(Br)c(I)c(Br)c1.Cc1cc(Br)c2c(c1)OCC2.Cc1cc(Br)c2c(c1[N+](=O)[O-])OCC2.Cc1cc2c(c(Br)c1N)CCO2.Cc1cc2c(c(Br)c1[N+](=O)[O-])CCO2. The molecule has 0 bridgehead atoms. The zero-order valence-electron chi connectivity index (χ0n) is 73.4. The molecule has 12 aromatic carbocycles. The van der Waals surface area contributed by atoms with Crippen molar-refractivity contribution in [3.63, 3.8) is 0 Å². The van der Waals surface area contributed by atoms with E-state index in [1.165, 1.54) is 47.0 Å². The summed E-state index contributed by atoms with van der Waals surface area (Å²) in [5, 5.41) is 33.7. The summed E-state index contributed by atoms with van der Waals surface area (Å²) in [6.45, 7) is 20.6. The third-order valence-electron chi connectivity index (χ3n) is 20.2. The number of nitro groups is 2. The van der Waals surface area contributed by atoms with E-state index in [1.807, 2.05) is 119 Å². The summed E-state index contributed by atoms with van der Waals surface area (Å²) in [6.07, 6.45) is 10.3. The molecule has 716 valence electrons. The van der Waals surface area contributed by atoms with Crippen LogP contribution in [0.3, 0.4) is 0 Å². The number of aliphatic hydroxyl groups excluding tert-OH is 1. The molecule has 4 heterocycles. The Morgan fingerprint density at radius 2 is 0.784 bits per heavy atom. The largest absolute Gasteiger partial charge is 0.493 e. The molecule has 0 saturated carbocycles. The molecule has 0 spiro atoms. The number of aliphatic hydroxyl groups is 1. The summed E-state index contributed by atoms with van der Waals surface area (Å²) in [5.41, 5.74) is 24.7. The van der Waals surface area contributed by atoms with E-state index in [9.17, 15) is 29.8 Å². The number of rotatable bonds is 14. The van der Waals surface area contributed by atoms with Crippen molar-refractivity contribution < 1.29 is 53.0 Å². The van der Waals surface area contributed by atoms with Gasteiger partial charge in [0.1, 0.15) is 28.0 Å². The number of halogens is 16. The number of nitrogen functional groups attached to an aromatic ring is 1. The molecule has 134 heavy (non-hydrogen) atoms. The summed E-state index contributed by atoms with van der Waals surface area (Å²) in [6, 6.07) is 61.0. The van der Waals surface area contributed by atoms with E-state index in [1.54, 1.807) is 46.5 Å². The predicted octanol–water partition coefficient (Wildman–Crippen LogP) is 33.6. The van der Waals surface area contributed by atoms with Gasteiger partial charge in [0.05, 0.1) is 49.6 Å². The fourth-order valence-corrected chi connectivity index (χ4v) is 30.9. The molecule has 4 aliphatic rings. The van der Waals surface area contributed by atoms with Gasteiger partial charge in [-0.15, -0.1) is 0 Å². The van der Waals surface area contributed by atoms with Crippen LogP contribution in [-0.2, 0) is 52.8 Å². The minimum absolute atomic E-state index is 0. The second-order valence-corrected chi connectivity index (χ2v) is 49.4. The first kappa shape index (κ1) is 120. The van der Waals surface area contributed by atoms with Gasteiger partial charge in [0.25, 0.3) is 5.69 Å². The van der Waals surface area contributed by atoms with Crippen molar-refractivity contribution >= 4 is 314 Å². The number of hydrogen-bond acceptors (Lipinski definition) is 14. The van der Waals surface area contributed by atoms with Gasteiger partial charge in [0.2, 0.25) is 5.75 Å². The maximum absolute atomic E-state index is 10.8. The normalized spacial score (nSPS) is 12.0. The first-order valence-electron chi connectivity index (χ1n) is 40.4. The number of benzene rings is 12. The van der Waals surface area contributed by atoms with Crippen molar-refractivity contribution in [3.8, 4) is 23.0 Å². The number of anilines is 1. The smallest absolute Gasteiger partial charge is 0.314 e. The Hall–Kier alpha value is -4.59. The van der Waals surface area contributed by atoms with Gasteiger partial charge in [-0.3, -0.25) is 25.0 Å². The number of nitrogens with two attached hydrogens (primary N) is 1. The van der Waals surface area contributed by atoms with E-state index in [-0.39, 0.29) is 42.7 Å². The summed E-state index contributed by atoms with van der Waals surface area (Å²) in [5.74, 6) is 0.0495. The number of carbonyl (C=O) groups is 2. The average molecular weight is 2880 g/mol. The molecule has 0 aromatic heterocycles. The van der Waals surface area contributed by atoms with Gasteiger partial charge in [0.15, 0.2) is 6.29 Å². The van der Waals surface area contributed by atoms with Crippen molar-refractivity contribution in [3.05, 3.63) is 369 Å². The maximum Gasteiger partial charge on any atom is 0.314 e. The summed E-state index contributed by atoms with van der Waals surface area (Å²) in [4.78, 5) is 41.7. The number of nitrogens with zero attached hydrogens (tertiary/aromatic N) is 2. The minimum Gasteiger partial charge on any atom is -0.493 e. The van der Waals surface area contributed by atoms with Gasteiger partial charge in [-0.05, 0) is 302 Å². The van der Waals surface area contributed by atoms with Crippen molar-refractivity contribution in [2.75, 3.05) is 59.3 Å². The van der Waals surface area contributed by atoms with Crippen molar-refractivity contribution in [2.24, 2.45) is 0 Å². The molecule has 0 aliphatic carbocycles. The van der Waals surface area contributed by atoms with Gasteiger partial charge >= 0.3 is 148 Å². The van der Waals surface area contributed by atoms with E-state index in [0.29, 0.717) is 59.3 Å². The Balaban J connectivity index is 0.000000265. The van der Waals surface area contributed by atoms with Crippen LogP contribution in [0.4, 0.5) is 17.1 Å². The number of carbonyl (C=O) groups excluding carboxylic acids is 2. The first-order valence-corrected chi connectivity index (χ1v) is 55.9. The third kappa shape index (κ3) is 33.0. The average Bonchev–Trinajstić information content (AvgIpc) is 1.04. The molecule has 33 heteroatoms. The van der Waals surface area contributed by atoms with Crippen LogP contribution in [0.5, 0.6) is 23.0 Å². The Bertz CT molecular complexity index is 5900. The van der Waals surface area contributed by atoms with Gasteiger partial charge in [0, 0.05) is 151 Å². The monoisotopic (exact) mass is 2860 g/mol. The number of ether oxygens (including phenoxy) is 6. The number of aryl methyl sites for hydroxylation is 9. The van der Waals surface area contributed by atoms with Gasteiger partial charge in [-0.2, -0.15) is 0 Å². The topological polar surface area (TPSA) is 222 Å². The number of nitro benzene ring substituents is 2. The van der Waals surface area contributed by atoms with Crippen LogP contribution in [0, 0.1) is 86.1 Å². The van der Waals surface area contributed by atoms with E-state index in [4.69, 9.17) is 50.5 Å². The molecular formula is C101H102Br14ClIN3O13P.